The SMILES string of the molecule is O=C(O)c1ccccc1C(=O)NCCc1c(C(=O)O)n(Cl)c2ccccc12. The van der Waals surface area contributed by atoms with Crippen LogP contribution in [-0.4, -0.2) is 38.7 Å². The number of aromatic nitrogens is 1. The molecule has 3 rings (SSSR count). The van der Waals surface area contributed by atoms with Crippen molar-refractivity contribution in [2.75, 3.05) is 6.54 Å². The van der Waals surface area contributed by atoms with Gasteiger partial charge in [-0.2, -0.15) is 0 Å². The Bertz CT molecular complexity index is 1060. The van der Waals surface area contributed by atoms with Gasteiger partial charge < -0.3 is 15.5 Å². The van der Waals surface area contributed by atoms with Gasteiger partial charge in [-0.15, -0.1) is 0 Å². The average Bonchev–Trinajstić information content (AvgIpc) is 2.94. The number of fused-ring (bicyclic) bond motifs is 1. The summed E-state index contributed by atoms with van der Waals surface area (Å²) < 4.78 is 1.09. The highest BCUT2D eigenvalue weighted by Crippen LogP contribution is 2.27. The van der Waals surface area contributed by atoms with Crippen LogP contribution < -0.4 is 5.32 Å². The van der Waals surface area contributed by atoms with Gasteiger partial charge in [0.2, 0.25) is 0 Å². The van der Waals surface area contributed by atoms with Crippen molar-refractivity contribution < 1.29 is 24.6 Å². The summed E-state index contributed by atoms with van der Waals surface area (Å²) >= 11 is 6.13. The number of hydrogen-bond donors (Lipinski definition) is 3. The summed E-state index contributed by atoms with van der Waals surface area (Å²) in [5.74, 6) is -2.91. The summed E-state index contributed by atoms with van der Waals surface area (Å²) in [4.78, 5) is 35.1. The van der Waals surface area contributed by atoms with Gasteiger partial charge in [-0.05, 0) is 30.2 Å². The molecule has 0 aliphatic carbocycles. The maximum absolute atomic E-state index is 12.3. The number of para-hydroxylation sites is 1. The molecule has 1 amide bonds. The number of carboxylic acid groups (broad SMARTS) is 2. The Morgan fingerprint density at radius 1 is 0.926 bits per heavy atom. The monoisotopic (exact) mass is 386 g/mol. The Kier molecular flexibility index (Phi) is 5.14. The second kappa shape index (κ2) is 7.51. The van der Waals surface area contributed by atoms with E-state index >= 15 is 0 Å². The molecule has 0 aliphatic rings. The Labute approximate surface area is 158 Å². The van der Waals surface area contributed by atoms with Gasteiger partial charge in [-0.25, -0.2) is 13.7 Å². The van der Waals surface area contributed by atoms with Crippen molar-refractivity contribution in [1.82, 2.24) is 9.40 Å². The fraction of sp³-hybridized carbons (Fsp3) is 0.105. The topological polar surface area (TPSA) is 109 Å². The molecule has 138 valence electrons. The molecule has 7 nitrogen and oxygen atoms in total. The van der Waals surface area contributed by atoms with Gasteiger partial charge in [0.05, 0.1) is 16.6 Å². The zero-order valence-electron chi connectivity index (χ0n) is 14.0. The van der Waals surface area contributed by atoms with Crippen molar-refractivity contribution in [3.63, 3.8) is 0 Å². The third-order valence-corrected chi connectivity index (χ3v) is 4.54. The zero-order valence-corrected chi connectivity index (χ0v) is 14.7. The minimum atomic E-state index is -1.20. The zero-order chi connectivity index (χ0) is 19.6. The van der Waals surface area contributed by atoms with Crippen LogP contribution in [0.1, 0.15) is 36.8 Å². The van der Waals surface area contributed by atoms with E-state index in [4.69, 9.17) is 11.8 Å². The van der Waals surface area contributed by atoms with E-state index in [1.165, 1.54) is 18.2 Å². The number of carbonyl (C=O) groups is 3. The van der Waals surface area contributed by atoms with Crippen molar-refractivity contribution in [2.24, 2.45) is 0 Å². The Morgan fingerprint density at radius 3 is 2.22 bits per heavy atom. The number of nitrogens with zero attached hydrogens (tertiary/aromatic N) is 1. The number of amides is 1. The fourth-order valence-corrected chi connectivity index (χ4v) is 3.32. The minimum Gasteiger partial charge on any atom is -0.478 e. The normalized spacial score (nSPS) is 10.7. The molecule has 0 spiro atoms. The molecule has 3 aromatic rings. The van der Waals surface area contributed by atoms with Crippen LogP contribution in [0.4, 0.5) is 0 Å². The predicted molar refractivity (Wildman–Crippen MR) is 99.6 cm³/mol. The number of rotatable bonds is 6. The standard InChI is InChI=1S/C19H15ClN2O5/c20-22-15-8-4-3-5-11(15)12(16(22)19(26)27)9-10-21-17(23)13-6-1-2-7-14(13)18(24)25/h1-8H,9-10H2,(H,21,23)(H,24,25)(H,26,27). The van der Waals surface area contributed by atoms with E-state index in [2.05, 4.69) is 5.32 Å². The molecule has 0 fully saturated rings. The number of carbonyl (C=O) groups excluding carboxylic acids is 1. The van der Waals surface area contributed by atoms with Crippen LogP contribution in [0.25, 0.3) is 10.9 Å². The third-order valence-electron chi connectivity index (χ3n) is 4.19. The van der Waals surface area contributed by atoms with E-state index < -0.39 is 17.8 Å². The van der Waals surface area contributed by atoms with Crippen LogP contribution in [0.15, 0.2) is 48.5 Å². The van der Waals surface area contributed by atoms with Crippen molar-refractivity contribution >= 4 is 40.5 Å². The van der Waals surface area contributed by atoms with E-state index in [0.29, 0.717) is 16.5 Å². The van der Waals surface area contributed by atoms with E-state index in [0.717, 1.165) is 4.09 Å². The summed E-state index contributed by atoms with van der Waals surface area (Å²) in [6.45, 7) is 0.123. The first-order valence-corrected chi connectivity index (χ1v) is 8.38. The van der Waals surface area contributed by atoms with Gasteiger partial charge >= 0.3 is 11.9 Å². The first-order valence-electron chi connectivity index (χ1n) is 8.04. The summed E-state index contributed by atoms with van der Waals surface area (Å²) in [7, 11) is 0. The second-order valence-electron chi connectivity index (χ2n) is 5.79. The fourth-order valence-electron chi connectivity index (χ4n) is 3.00. The number of benzene rings is 2. The molecule has 0 aliphatic heterocycles. The lowest BCUT2D eigenvalue weighted by molar-refractivity contribution is 0.0679. The number of carboxylic acids is 2. The summed E-state index contributed by atoms with van der Waals surface area (Å²) in [6, 6.07) is 12.9. The van der Waals surface area contributed by atoms with Crippen LogP contribution in [0.2, 0.25) is 0 Å². The van der Waals surface area contributed by atoms with E-state index in [-0.39, 0.29) is 29.8 Å². The number of hydrogen-bond acceptors (Lipinski definition) is 3. The molecule has 0 saturated heterocycles. The first-order chi connectivity index (χ1) is 12.9. The van der Waals surface area contributed by atoms with E-state index in [9.17, 15) is 24.6 Å². The van der Waals surface area contributed by atoms with Gasteiger partial charge in [-0.3, -0.25) is 4.79 Å². The Balaban J connectivity index is 1.82. The predicted octanol–water partition coefficient (Wildman–Crippen LogP) is 3.01. The van der Waals surface area contributed by atoms with Gasteiger partial charge in [-0.1, -0.05) is 30.3 Å². The number of aromatic carboxylic acids is 2. The molecule has 1 aromatic heterocycles. The van der Waals surface area contributed by atoms with Crippen LogP contribution in [-0.2, 0) is 6.42 Å². The third kappa shape index (κ3) is 3.50. The molecule has 2 aromatic carbocycles. The van der Waals surface area contributed by atoms with Crippen LogP contribution in [0, 0.1) is 0 Å². The lowest BCUT2D eigenvalue weighted by Gasteiger charge is -2.08. The highest BCUT2D eigenvalue weighted by atomic mass is 35.5. The van der Waals surface area contributed by atoms with Gasteiger partial charge in [0, 0.05) is 23.7 Å². The van der Waals surface area contributed by atoms with Crippen molar-refractivity contribution in [1.29, 1.82) is 0 Å². The molecule has 27 heavy (non-hydrogen) atoms. The molecule has 0 unspecified atom stereocenters. The maximum Gasteiger partial charge on any atom is 0.354 e. The van der Waals surface area contributed by atoms with Crippen molar-refractivity contribution in [3.8, 4) is 0 Å². The number of halogens is 1. The van der Waals surface area contributed by atoms with Crippen molar-refractivity contribution in [3.05, 3.63) is 70.9 Å². The molecular weight excluding hydrogens is 372 g/mol. The van der Waals surface area contributed by atoms with Crippen molar-refractivity contribution in [2.45, 2.75) is 6.42 Å². The maximum atomic E-state index is 12.3. The quantitative estimate of drug-likeness (QED) is 0.603. The molecule has 0 atom stereocenters. The smallest absolute Gasteiger partial charge is 0.354 e. The van der Waals surface area contributed by atoms with Crippen LogP contribution in [0.3, 0.4) is 0 Å². The van der Waals surface area contributed by atoms with E-state index in [1.807, 2.05) is 0 Å². The first kappa shape index (κ1) is 18.5. The average molecular weight is 387 g/mol. The summed E-state index contributed by atoms with van der Waals surface area (Å²) in [5.41, 5.74) is 0.953. The minimum absolute atomic E-state index is 0.0447. The van der Waals surface area contributed by atoms with Gasteiger partial charge in [0.15, 0.2) is 0 Å². The molecule has 0 radical (unpaired) electrons. The molecule has 1 heterocycles. The highest BCUT2D eigenvalue weighted by molar-refractivity contribution is 6.22. The molecular formula is C19H15ClN2O5. The van der Waals surface area contributed by atoms with Crippen LogP contribution in [0.5, 0.6) is 0 Å². The summed E-state index contributed by atoms with van der Waals surface area (Å²) in [6.07, 6.45) is 0.225. The molecule has 3 N–H and O–H groups in total. The highest BCUT2D eigenvalue weighted by Gasteiger charge is 2.22. The van der Waals surface area contributed by atoms with E-state index in [1.54, 1.807) is 30.3 Å². The molecule has 0 saturated carbocycles. The molecule has 0 bridgehead atoms. The molecule has 8 heteroatoms. The Hall–Kier alpha value is -3.32. The second-order valence-corrected chi connectivity index (χ2v) is 6.12. The number of nitrogens with one attached hydrogen (secondary N) is 1. The lowest BCUT2D eigenvalue weighted by atomic mass is 10.1. The lowest BCUT2D eigenvalue weighted by Crippen LogP contribution is -2.27. The van der Waals surface area contributed by atoms with Gasteiger partial charge in [0.25, 0.3) is 5.91 Å². The Morgan fingerprint density at radius 2 is 1.56 bits per heavy atom. The van der Waals surface area contributed by atoms with Crippen LogP contribution >= 0.6 is 11.8 Å². The van der Waals surface area contributed by atoms with Gasteiger partial charge in [0.1, 0.15) is 5.69 Å². The largest absolute Gasteiger partial charge is 0.478 e. The summed E-state index contributed by atoms with van der Waals surface area (Å²) in [5, 5.41) is 22.0.